The third-order valence-corrected chi connectivity index (χ3v) is 2.71. The van der Waals surface area contributed by atoms with E-state index >= 15 is 0 Å². The minimum absolute atomic E-state index is 0.0680. The van der Waals surface area contributed by atoms with Crippen LogP contribution in [-0.2, 0) is 22.7 Å². The van der Waals surface area contributed by atoms with Crippen molar-refractivity contribution >= 4 is 17.0 Å². The Morgan fingerprint density at radius 1 is 1.40 bits per heavy atom. The molecular weight excluding hydrogens is 270 g/mol. The maximum Gasteiger partial charge on any atom is 0.323 e. The lowest BCUT2D eigenvalue weighted by Gasteiger charge is -2.09. The van der Waals surface area contributed by atoms with Gasteiger partial charge in [-0.3, -0.25) is 4.79 Å². The minimum Gasteiger partial charge on any atom is -0.480 e. The van der Waals surface area contributed by atoms with Crippen LogP contribution in [0, 0.1) is 11.6 Å². The van der Waals surface area contributed by atoms with Crippen LogP contribution in [0.5, 0.6) is 0 Å². The summed E-state index contributed by atoms with van der Waals surface area (Å²) in [7, 11) is 0. The Bertz CT molecular complexity index is 653. The van der Waals surface area contributed by atoms with Crippen molar-refractivity contribution < 1.29 is 23.4 Å². The third kappa shape index (κ3) is 2.93. The molecule has 2 aromatic rings. The second-order valence-corrected chi connectivity index (χ2v) is 4.62. The van der Waals surface area contributed by atoms with Crippen molar-refractivity contribution in [3.05, 3.63) is 29.6 Å². The molecule has 1 aromatic heterocycles. The molecule has 0 saturated heterocycles. The summed E-state index contributed by atoms with van der Waals surface area (Å²) < 4.78 is 33.2. The molecule has 0 aliphatic heterocycles. The van der Waals surface area contributed by atoms with Gasteiger partial charge in [0.2, 0.25) is 0 Å². The molecule has 1 aromatic carbocycles. The number of hydrogen-bond acceptors (Lipinski definition) is 3. The molecule has 5 nitrogen and oxygen atoms in total. The monoisotopic (exact) mass is 284 g/mol. The van der Waals surface area contributed by atoms with Gasteiger partial charge in [0.25, 0.3) is 0 Å². The number of carbonyl (C=O) groups is 1. The lowest BCUT2D eigenvalue weighted by molar-refractivity contribution is -0.137. The number of nitrogens with zero attached hydrogens (tertiary/aromatic N) is 2. The summed E-state index contributed by atoms with van der Waals surface area (Å²) in [6.45, 7) is 3.33. The zero-order chi connectivity index (χ0) is 14.9. The number of benzene rings is 1. The van der Waals surface area contributed by atoms with E-state index in [-0.39, 0.29) is 23.7 Å². The highest BCUT2D eigenvalue weighted by Crippen LogP contribution is 2.20. The van der Waals surface area contributed by atoms with E-state index in [2.05, 4.69) is 4.98 Å². The van der Waals surface area contributed by atoms with E-state index in [9.17, 15) is 13.6 Å². The van der Waals surface area contributed by atoms with Crippen molar-refractivity contribution in [1.29, 1.82) is 0 Å². The van der Waals surface area contributed by atoms with Gasteiger partial charge in [0, 0.05) is 12.1 Å². The number of ether oxygens (including phenoxy) is 1. The van der Waals surface area contributed by atoms with Gasteiger partial charge < -0.3 is 14.4 Å². The van der Waals surface area contributed by atoms with Crippen LogP contribution in [0.15, 0.2) is 12.1 Å². The fraction of sp³-hybridized carbons (Fsp3) is 0.385. The summed E-state index contributed by atoms with van der Waals surface area (Å²) >= 11 is 0. The Morgan fingerprint density at radius 3 is 2.65 bits per heavy atom. The van der Waals surface area contributed by atoms with Crippen LogP contribution in [0.3, 0.4) is 0 Å². The van der Waals surface area contributed by atoms with Gasteiger partial charge >= 0.3 is 5.97 Å². The maximum absolute atomic E-state index is 13.3. The second-order valence-electron chi connectivity index (χ2n) is 4.62. The molecule has 1 heterocycles. The first-order valence-corrected chi connectivity index (χ1v) is 6.06. The molecular formula is C13H14F2N2O3. The summed E-state index contributed by atoms with van der Waals surface area (Å²) in [4.78, 5) is 15.0. The Morgan fingerprint density at radius 2 is 2.05 bits per heavy atom. The molecule has 1 N–H and O–H groups in total. The zero-order valence-corrected chi connectivity index (χ0v) is 11.1. The van der Waals surface area contributed by atoms with Crippen LogP contribution in [-0.4, -0.2) is 26.7 Å². The number of aromatic nitrogens is 2. The van der Waals surface area contributed by atoms with E-state index in [4.69, 9.17) is 9.84 Å². The Balaban J connectivity index is 2.51. The summed E-state index contributed by atoms with van der Waals surface area (Å²) in [5, 5.41) is 8.91. The van der Waals surface area contributed by atoms with Gasteiger partial charge in [0.05, 0.1) is 17.1 Å². The van der Waals surface area contributed by atoms with E-state index in [1.165, 1.54) is 4.57 Å². The third-order valence-electron chi connectivity index (χ3n) is 2.71. The summed E-state index contributed by atoms with van der Waals surface area (Å²) in [5.41, 5.74) is 0.432. The predicted molar refractivity (Wildman–Crippen MR) is 67.2 cm³/mol. The van der Waals surface area contributed by atoms with Crippen LogP contribution in [0.1, 0.15) is 19.7 Å². The SMILES string of the molecule is CC(C)OCc1nc2cc(F)c(F)cc2n1CC(=O)O. The Hall–Kier alpha value is -2.02. The topological polar surface area (TPSA) is 64.4 Å². The van der Waals surface area contributed by atoms with Crippen LogP contribution < -0.4 is 0 Å². The number of carboxylic acids is 1. The number of imidazole rings is 1. The summed E-state index contributed by atoms with van der Waals surface area (Å²) in [5.74, 6) is -2.84. The molecule has 0 spiro atoms. The van der Waals surface area contributed by atoms with E-state index < -0.39 is 24.1 Å². The van der Waals surface area contributed by atoms with Gasteiger partial charge in [-0.15, -0.1) is 0 Å². The van der Waals surface area contributed by atoms with E-state index in [0.29, 0.717) is 5.82 Å². The molecule has 0 radical (unpaired) electrons. The van der Waals surface area contributed by atoms with Crippen molar-refractivity contribution in [3.63, 3.8) is 0 Å². The molecule has 0 aliphatic carbocycles. The molecule has 0 unspecified atom stereocenters. The molecule has 0 amide bonds. The quantitative estimate of drug-likeness (QED) is 0.915. The molecule has 108 valence electrons. The van der Waals surface area contributed by atoms with Crippen molar-refractivity contribution in [2.24, 2.45) is 0 Å². The van der Waals surface area contributed by atoms with Gasteiger partial charge in [-0.1, -0.05) is 0 Å². The van der Waals surface area contributed by atoms with Crippen LogP contribution in [0.25, 0.3) is 11.0 Å². The maximum atomic E-state index is 13.3. The highest BCUT2D eigenvalue weighted by Gasteiger charge is 2.16. The molecule has 0 bridgehead atoms. The lowest BCUT2D eigenvalue weighted by atomic mass is 10.3. The standard InChI is InChI=1S/C13H14F2N2O3/c1-7(2)20-6-12-16-10-3-8(14)9(15)4-11(10)17(12)5-13(18)19/h3-4,7H,5-6H2,1-2H3,(H,18,19). The number of aliphatic carboxylic acids is 1. The lowest BCUT2D eigenvalue weighted by Crippen LogP contribution is -2.14. The molecule has 20 heavy (non-hydrogen) atoms. The van der Waals surface area contributed by atoms with Gasteiger partial charge in [0.15, 0.2) is 11.6 Å². The fourth-order valence-electron chi connectivity index (χ4n) is 1.83. The van der Waals surface area contributed by atoms with Gasteiger partial charge in [-0.25, -0.2) is 13.8 Å². The highest BCUT2D eigenvalue weighted by atomic mass is 19.2. The van der Waals surface area contributed by atoms with Crippen LogP contribution in [0.2, 0.25) is 0 Å². The Kier molecular flexibility index (Phi) is 3.99. The van der Waals surface area contributed by atoms with Gasteiger partial charge in [0.1, 0.15) is 19.0 Å². The molecule has 2 rings (SSSR count). The summed E-state index contributed by atoms with van der Waals surface area (Å²) in [6, 6.07) is 1.89. The van der Waals surface area contributed by atoms with E-state index in [1.807, 2.05) is 13.8 Å². The molecule has 0 aliphatic rings. The van der Waals surface area contributed by atoms with Crippen molar-refractivity contribution in [3.8, 4) is 0 Å². The van der Waals surface area contributed by atoms with E-state index in [0.717, 1.165) is 12.1 Å². The molecule has 0 atom stereocenters. The van der Waals surface area contributed by atoms with Gasteiger partial charge in [-0.2, -0.15) is 0 Å². The number of rotatable bonds is 5. The minimum atomic E-state index is -1.10. The number of fused-ring (bicyclic) bond motifs is 1. The number of halogens is 2. The van der Waals surface area contributed by atoms with Crippen molar-refractivity contribution in [1.82, 2.24) is 9.55 Å². The second kappa shape index (κ2) is 5.54. The van der Waals surface area contributed by atoms with E-state index in [1.54, 1.807) is 0 Å². The first kappa shape index (κ1) is 14.4. The average molecular weight is 284 g/mol. The smallest absolute Gasteiger partial charge is 0.323 e. The number of hydrogen-bond donors (Lipinski definition) is 1. The van der Waals surface area contributed by atoms with Crippen LogP contribution in [0.4, 0.5) is 8.78 Å². The predicted octanol–water partition coefficient (Wildman–Crippen LogP) is 2.32. The average Bonchev–Trinajstić information content (AvgIpc) is 2.65. The largest absolute Gasteiger partial charge is 0.480 e. The first-order chi connectivity index (χ1) is 9.38. The normalized spacial score (nSPS) is 11.4. The van der Waals surface area contributed by atoms with Gasteiger partial charge in [-0.05, 0) is 13.8 Å². The molecule has 0 saturated carbocycles. The molecule has 7 heteroatoms. The zero-order valence-electron chi connectivity index (χ0n) is 11.1. The number of carboxylic acid groups (broad SMARTS) is 1. The van der Waals surface area contributed by atoms with Crippen molar-refractivity contribution in [2.45, 2.75) is 33.1 Å². The van der Waals surface area contributed by atoms with Crippen LogP contribution >= 0.6 is 0 Å². The molecule has 0 fully saturated rings. The summed E-state index contributed by atoms with van der Waals surface area (Å²) in [6.07, 6.45) is -0.0680. The fourth-order valence-corrected chi connectivity index (χ4v) is 1.83. The Labute approximate surface area is 113 Å². The highest BCUT2D eigenvalue weighted by molar-refractivity contribution is 5.78. The first-order valence-electron chi connectivity index (χ1n) is 6.06. The van der Waals surface area contributed by atoms with Crippen molar-refractivity contribution in [2.75, 3.05) is 0 Å².